The first-order valence-electron chi connectivity index (χ1n) is 11.6. The number of hydrogen-bond acceptors (Lipinski definition) is 1. The zero-order valence-electron chi connectivity index (χ0n) is 18.9. The van der Waals surface area contributed by atoms with Crippen molar-refractivity contribution in [3.8, 4) is 11.1 Å². The molecule has 2 nitrogen and oxygen atoms in total. The molecule has 2 heteroatoms. The van der Waals surface area contributed by atoms with Crippen molar-refractivity contribution in [1.82, 2.24) is 0 Å². The summed E-state index contributed by atoms with van der Waals surface area (Å²) in [6.45, 7) is 6.60. The third kappa shape index (κ3) is 5.07. The van der Waals surface area contributed by atoms with Gasteiger partial charge in [0.1, 0.15) is 0 Å². The fourth-order valence-corrected chi connectivity index (χ4v) is 4.73. The van der Waals surface area contributed by atoms with Gasteiger partial charge in [0.05, 0.1) is 0 Å². The second-order valence-corrected chi connectivity index (χ2v) is 9.23. The van der Waals surface area contributed by atoms with Crippen LogP contribution in [0.15, 0.2) is 66.7 Å². The summed E-state index contributed by atoms with van der Waals surface area (Å²) in [6, 6.07) is 22.8. The highest BCUT2D eigenvalue weighted by Crippen LogP contribution is 2.38. The molecule has 160 valence electrons. The highest BCUT2D eigenvalue weighted by molar-refractivity contribution is 6.05. The Morgan fingerprint density at radius 1 is 0.871 bits per heavy atom. The van der Waals surface area contributed by atoms with Crippen LogP contribution in [-0.2, 0) is 0 Å². The van der Waals surface area contributed by atoms with Crippen molar-refractivity contribution in [3.05, 3.63) is 89.0 Å². The lowest BCUT2D eigenvalue weighted by molar-refractivity contribution is 0.102. The molecule has 3 aromatic carbocycles. The number of hydrogen-bond donors (Lipinski definition) is 1. The topological polar surface area (TPSA) is 29.1 Å². The van der Waals surface area contributed by atoms with Crippen LogP contribution in [0, 0.1) is 6.92 Å². The lowest BCUT2D eigenvalue weighted by Crippen LogP contribution is -2.14. The molecule has 1 fully saturated rings. The molecule has 0 unspecified atom stereocenters. The van der Waals surface area contributed by atoms with Crippen molar-refractivity contribution in [2.75, 3.05) is 5.32 Å². The first kappa shape index (κ1) is 21.4. The molecule has 3 aromatic rings. The minimum absolute atomic E-state index is 0.0548. The van der Waals surface area contributed by atoms with E-state index in [0.29, 0.717) is 17.4 Å². The van der Waals surface area contributed by atoms with Gasteiger partial charge in [0.2, 0.25) is 0 Å². The Hall–Kier alpha value is -2.87. The van der Waals surface area contributed by atoms with Crippen molar-refractivity contribution in [1.29, 1.82) is 0 Å². The number of aryl methyl sites for hydroxylation is 1. The van der Waals surface area contributed by atoms with Crippen LogP contribution < -0.4 is 5.32 Å². The van der Waals surface area contributed by atoms with E-state index in [1.807, 2.05) is 18.2 Å². The second kappa shape index (κ2) is 9.51. The van der Waals surface area contributed by atoms with Crippen LogP contribution in [0.3, 0.4) is 0 Å². The summed E-state index contributed by atoms with van der Waals surface area (Å²) in [5.74, 6) is 1.06. The van der Waals surface area contributed by atoms with Gasteiger partial charge in [-0.3, -0.25) is 4.79 Å². The molecule has 1 amide bonds. The molecule has 31 heavy (non-hydrogen) atoms. The highest BCUT2D eigenvalue weighted by Gasteiger charge is 2.20. The Morgan fingerprint density at radius 3 is 2.32 bits per heavy atom. The van der Waals surface area contributed by atoms with E-state index in [9.17, 15) is 4.79 Å². The molecule has 4 rings (SSSR count). The third-order valence-corrected chi connectivity index (χ3v) is 6.52. The zero-order chi connectivity index (χ0) is 21.8. The van der Waals surface area contributed by atoms with Gasteiger partial charge < -0.3 is 5.32 Å². The van der Waals surface area contributed by atoms with Gasteiger partial charge in [-0.25, -0.2) is 0 Å². The normalized spacial score (nSPS) is 14.6. The van der Waals surface area contributed by atoms with Gasteiger partial charge in [-0.1, -0.05) is 81.1 Å². The molecule has 1 aliphatic rings. The average Bonchev–Trinajstić information content (AvgIpc) is 2.80. The van der Waals surface area contributed by atoms with Crippen LogP contribution in [0.1, 0.15) is 84.8 Å². The van der Waals surface area contributed by atoms with Gasteiger partial charge in [-0.05, 0) is 78.1 Å². The fourth-order valence-electron chi connectivity index (χ4n) is 4.73. The fraction of sp³-hybridized carbons (Fsp3) is 0.345. The number of amides is 1. The number of carbonyl (C=O) groups is 1. The van der Waals surface area contributed by atoms with Crippen molar-refractivity contribution >= 4 is 11.6 Å². The van der Waals surface area contributed by atoms with Crippen LogP contribution in [-0.4, -0.2) is 5.91 Å². The summed E-state index contributed by atoms with van der Waals surface area (Å²) in [4.78, 5) is 13.0. The lowest BCUT2D eigenvalue weighted by Gasteiger charge is -2.26. The summed E-state index contributed by atoms with van der Waals surface area (Å²) in [5, 5.41) is 3.15. The van der Waals surface area contributed by atoms with Crippen molar-refractivity contribution < 1.29 is 4.79 Å². The largest absolute Gasteiger partial charge is 0.322 e. The molecular formula is C29H33NO. The standard InChI is InChI=1S/C29H33NO/c1-20(2)27-17-16-26(19-28(27)23-8-5-4-6-9-23)30-29(31)25-11-7-10-24(18-25)22-14-12-21(3)13-15-22/h7,10-20,23H,4-6,8-9H2,1-3H3,(H,30,31). The van der Waals surface area contributed by atoms with E-state index in [1.54, 1.807) is 0 Å². The minimum atomic E-state index is -0.0548. The SMILES string of the molecule is Cc1ccc(-c2cccc(C(=O)Nc3ccc(C(C)C)c(C4CCCCC4)c3)c2)cc1. The van der Waals surface area contributed by atoms with E-state index in [2.05, 4.69) is 74.6 Å². The van der Waals surface area contributed by atoms with Crippen LogP contribution in [0.25, 0.3) is 11.1 Å². The second-order valence-electron chi connectivity index (χ2n) is 9.23. The van der Waals surface area contributed by atoms with Crippen LogP contribution in [0.5, 0.6) is 0 Å². The van der Waals surface area contributed by atoms with Gasteiger partial charge in [-0.2, -0.15) is 0 Å². The van der Waals surface area contributed by atoms with Crippen molar-refractivity contribution in [2.45, 2.75) is 64.7 Å². The number of rotatable bonds is 5. The number of nitrogens with one attached hydrogen (secondary N) is 1. The maximum Gasteiger partial charge on any atom is 0.255 e. The summed E-state index contributed by atoms with van der Waals surface area (Å²) >= 11 is 0. The van der Waals surface area contributed by atoms with E-state index in [1.165, 1.54) is 48.8 Å². The molecule has 0 radical (unpaired) electrons. The van der Waals surface area contributed by atoms with Crippen LogP contribution in [0.2, 0.25) is 0 Å². The molecule has 1 aliphatic carbocycles. The van der Waals surface area contributed by atoms with Gasteiger partial charge in [0.25, 0.3) is 5.91 Å². The molecule has 0 bridgehead atoms. The van der Waals surface area contributed by atoms with E-state index >= 15 is 0 Å². The number of carbonyl (C=O) groups excluding carboxylic acids is 1. The lowest BCUT2D eigenvalue weighted by atomic mass is 9.80. The van der Waals surface area contributed by atoms with E-state index in [-0.39, 0.29) is 5.91 Å². The smallest absolute Gasteiger partial charge is 0.255 e. The average molecular weight is 412 g/mol. The monoisotopic (exact) mass is 411 g/mol. The minimum Gasteiger partial charge on any atom is -0.322 e. The maximum absolute atomic E-state index is 13.0. The molecule has 1 N–H and O–H groups in total. The number of anilines is 1. The summed E-state index contributed by atoms with van der Waals surface area (Å²) in [6.07, 6.45) is 6.49. The molecule has 0 saturated heterocycles. The summed E-state index contributed by atoms with van der Waals surface area (Å²) in [5.41, 5.74) is 7.86. The van der Waals surface area contributed by atoms with Gasteiger partial charge in [-0.15, -0.1) is 0 Å². The molecule has 0 heterocycles. The Balaban J connectivity index is 1.57. The first-order valence-corrected chi connectivity index (χ1v) is 11.6. The Labute approximate surface area is 186 Å². The van der Waals surface area contributed by atoms with Gasteiger partial charge in [0.15, 0.2) is 0 Å². The quantitative estimate of drug-likeness (QED) is 0.451. The summed E-state index contributed by atoms with van der Waals surface area (Å²) < 4.78 is 0. The van der Waals surface area contributed by atoms with Crippen molar-refractivity contribution in [3.63, 3.8) is 0 Å². The Bertz CT molecular complexity index is 1040. The summed E-state index contributed by atoms with van der Waals surface area (Å²) in [7, 11) is 0. The molecule has 1 saturated carbocycles. The van der Waals surface area contributed by atoms with E-state index in [0.717, 1.165) is 16.8 Å². The molecule has 0 aliphatic heterocycles. The Kier molecular flexibility index (Phi) is 6.56. The van der Waals surface area contributed by atoms with E-state index in [4.69, 9.17) is 0 Å². The zero-order valence-corrected chi connectivity index (χ0v) is 18.9. The van der Waals surface area contributed by atoms with Gasteiger partial charge in [0, 0.05) is 11.3 Å². The van der Waals surface area contributed by atoms with Crippen LogP contribution in [0.4, 0.5) is 5.69 Å². The van der Waals surface area contributed by atoms with Crippen LogP contribution >= 0.6 is 0 Å². The third-order valence-electron chi connectivity index (χ3n) is 6.52. The predicted octanol–water partition coefficient (Wildman–Crippen LogP) is 8.09. The molecule has 0 atom stereocenters. The molecule has 0 aromatic heterocycles. The number of benzene rings is 3. The maximum atomic E-state index is 13.0. The highest BCUT2D eigenvalue weighted by atomic mass is 16.1. The van der Waals surface area contributed by atoms with E-state index < -0.39 is 0 Å². The Morgan fingerprint density at radius 2 is 1.61 bits per heavy atom. The molecule has 0 spiro atoms. The first-order chi connectivity index (χ1) is 15.0. The predicted molar refractivity (Wildman–Crippen MR) is 131 cm³/mol. The van der Waals surface area contributed by atoms with Gasteiger partial charge >= 0.3 is 0 Å². The molecular weight excluding hydrogens is 378 g/mol. The van der Waals surface area contributed by atoms with Crippen molar-refractivity contribution in [2.24, 2.45) is 0 Å².